The van der Waals surface area contributed by atoms with E-state index in [1.807, 2.05) is 48.5 Å². The first-order valence-corrected chi connectivity index (χ1v) is 16.0. The van der Waals surface area contributed by atoms with Gasteiger partial charge in [-0.05, 0) is 60.1 Å². The van der Waals surface area contributed by atoms with Crippen LogP contribution in [-0.4, -0.2) is 21.8 Å². The summed E-state index contributed by atoms with van der Waals surface area (Å²) in [6.07, 6.45) is 18.2. The van der Waals surface area contributed by atoms with Gasteiger partial charge in [-0.2, -0.15) is 0 Å². The molecule has 0 unspecified atom stereocenters. The molecule has 1 aliphatic rings. The van der Waals surface area contributed by atoms with Crippen LogP contribution < -0.4 is 0 Å². The lowest BCUT2D eigenvalue weighted by molar-refractivity contribution is 0.0997. The number of carbonyl (C=O) groups is 2. The van der Waals surface area contributed by atoms with Crippen LogP contribution in [0.15, 0.2) is 60.7 Å². The Hall–Kier alpha value is -3.66. The van der Waals surface area contributed by atoms with Crippen LogP contribution in [0.5, 0.6) is 11.5 Å². The summed E-state index contributed by atoms with van der Waals surface area (Å²) in [6.45, 7) is 4.44. The first-order valence-electron chi connectivity index (χ1n) is 16.0. The molecule has 2 N–H and O–H groups in total. The van der Waals surface area contributed by atoms with E-state index in [0.29, 0.717) is 16.7 Å². The predicted octanol–water partition coefficient (Wildman–Crippen LogP) is 10.0. The van der Waals surface area contributed by atoms with Crippen LogP contribution in [0.25, 0.3) is 16.7 Å². The largest absolute Gasteiger partial charge is 0.507 e. The van der Waals surface area contributed by atoms with Crippen molar-refractivity contribution in [3.05, 3.63) is 88.5 Å². The number of hydrogen-bond donors (Lipinski definition) is 2. The van der Waals surface area contributed by atoms with Gasteiger partial charge in [0.15, 0.2) is 11.6 Å². The van der Waals surface area contributed by atoms with E-state index in [4.69, 9.17) is 0 Å². The number of unbranched alkanes of at least 4 members (excludes halogenated alkanes) is 10. The molecule has 0 saturated carbocycles. The van der Waals surface area contributed by atoms with Gasteiger partial charge in [-0.15, -0.1) is 0 Å². The summed E-state index contributed by atoms with van der Waals surface area (Å²) in [6, 6.07) is 17.0. The second-order valence-electron chi connectivity index (χ2n) is 11.7. The number of allylic oxidation sites excluding steroid dienone is 2. The number of carbonyl (C=O) groups excluding carboxylic acids is 2. The van der Waals surface area contributed by atoms with E-state index in [9.17, 15) is 19.8 Å². The van der Waals surface area contributed by atoms with Crippen LogP contribution >= 0.6 is 0 Å². The molecule has 3 aromatic rings. The molecule has 0 fully saturated rings. The van der Waals surface area contributed by atoms with Crippen molar-refractivity contribution < 1.29 is 19.8 Å². The van der Waals surface area contributed by atoms with E-state index < -0.39 is 11.6 Å². The van der Waals surface area contributed by atoms with Crippen LogP contribution in [0.3, 0.4) is 0 Å². The summed E-state index contributed by atoms with van der Waals surface area (Å²) in [5.74, 6) is -1.50. The van der Waals surface area contributed by atoms with Crippen molar-refractivity contribution in [1.82, 2.24) is 0 Å². The van der Waals surface area contributed by atoms with Gasteiger partial charge in [0.1, 0.15) is 11.5 Å². The number of rotatable bonds is 16. The first kappa shape index (κ1) is 31.3. The molecule has 0 aliphatic heterocycles. The number of benzene rings is 3. The molecule has 1 aliphatic carbocycles. The number of Topliss-reactive ketones (excluding diaryl/α,β-unsaturated/α-hetero) is 1. The molecule has 0 amide bonds. The van der Waals surface area contributed by atoms with E-state index in [0.717, 1.165) is 25.7 Å². The van der Waals surface area contributed by atoms with E-state index in [2.05, 4.69) is 13.8 Å². The number of fused-ring (bicyclic) bond motifs is 1. The van der Waals surface area contributed by atoms with Gasteiger partial charge in [0.05, 0.1) is 11.1 Å². The maximum atomic E-state index is 13.5. The SMILES string of the molecule is CCCCCCCCc1ccc(C2=CC(=O)c3c(O)c(-c4ccc(CCCCCCCC)cc4)cc(O)c3C2=O)cc1. The smallest absolute Gasteiger partial charge is 0.198 e. The zero-order valence-electron chi connectivity index (χ0n) is 25.4. The zero-order chi connectivity index (χ0) is 29.9. The fourth-order valence-electron chi connectivity index (χ4n) is 5.89. The van der Waals surface area contributed by atoms with E-state index in [1.54, 1.807) is 0 Å². The minimum Gasteiger partial charge on any atom is -0.507 e. The van der Waals surface area contributed by atoms with Crippen LogP contribution in [-0.2, 0) is 12.8 Å². The first-order chi connectivity index (χ1) is 20.4. The van der Waals surface area contributed by atoms with Crippen LogP contribution in [0.1, 0.15) is 128 Å². The summed E-state index contributed by atoms with van der Waals surface area (Å²) in [5, 5.41) is 22.1. The Balaban J connectivity index is 1.45. The van der Waals surface area contributed by atoms with Gasteiger partial charge < -0.3 is 10.2 Å². The second kappa shape index (κ2) is 15.5. The van der Waals surface area contributed by atoms with Gasteiger partial charge in [-0.25, -0.2) is 0 Å². The quantitative estimate of drug-likeness (QED) is 0.134. The summed E-state index contributed by atoms with van der Waals surface area (Å²) in [5.41, 5.74) is 4.06. The van der Waals surface area contributed by atoms with Crippen molar-refractivity contribution in [2.45, 2.75) is 104 Å². The van der Waals surface area contributed by atoms with Crippen molar-refractivity contribution in [3.8, 4) is 22.6 Å². The Morgan fingerprint density at radius 3 is 1.57 bits per heavy atom. The highest BCUT2D eigenvalue weighted by molar-refractivity contribution is 6.40. The van der Waals surface area contributed by atoms with Gasteiger partial charge in [-0.1, -0.05) is 127 Å². The molecule has 4 heteroatoms. The average Bonchev–Trinajstić information content (AvgIpc) is 3.00. The van der Waals surface area contributed by atoms with Gasteiger partial charge in [-0.3, -0.25) is 9.59 Å². The number of aryl methyl sites for hydroxylation is 2. The third-order valence-electron chi connectivity index (χ3n) is 8.44. The fraction of sp³-hybridized carbons (Fsp3) is 0.421. The summed E-state index contributed by atoms with van der Waals surface area (Å²) < 4.78 is 0. The van der Waals surface area contributed by atoms with Crippen LogP contribution in [0.2, 0.25) is 0 Å². The third-order valence-corrected chi connectivity index (χ3v) is 8.44. The van der Waals surface area contributed by atoms with Gasteiger partial charge in [0, 0.05) is 11.1 Å². The number of ketones is 2. The van der Waals surface area contributed by atoms with Crippen LogP contribution in [0, 0.1) is 0 Å². The molecule has 0 heterocycles. The Bertz CT molecular complexity index is 1380. The predicted molar refractivity (Wildman–Crippen MR) is 172 cm³/mol. The topological polar surface area (TPSA) is 74.6 Å². The van der Waals surface area contributed by atoms with Crippen molar-refractivity contribution in [2.75, 3.05) is 0 Å². The molecule has 0 saturated heterocycles. The maximum Gasteiger partial charge on any atom is 0.198 e. The van der Waals surface area contributed by atoms with Crippen molar-refractivity contribution in [1.29, 1.82) is 0 Å². The van der Waals surface area contributed by atoms with Crippen molar-refractivity contribution in [2.24, 2.45) is 0 Å². The monoisotopic (exact) mass is 566 g/mol. The second-order valence-corrected chi connectivity index (χ2v) is 11.7. The number of phenolic OH excluding ortho intramolecular Hbond substituents is 2. The molecule has 222 valence electrons. The number of hydrogen-bond acceptors (Lipinski definition) is 4. The minimum absolute atomic E-state index is 0.130. The Morgan fingerprint density at radius 1 is 0.571 bits per heavy atom. The Labute approximate surface area is 251 Å². The lowest BCUT2D eigenvalue weighted by atomic mass is 9.83. The lowest BCUT2D eigenvalue weighted by Crippen LogP contribution is -2.17. The third kappa shape index (κ3) is 7.79. The van der Waals surface area contributed by atoms with Gasteiger partial charge in [0.25, 0.3) is 0 Å². The molecule has 0 atom stereocenters. The molecular formula is C38H46O4. The van der Waals surface area contributed by atoms with E-state index in [-0.39, 0.29) is 28.2 Å². The van der Waals surface area contributed by atoms with E-state index in [1.165, 1.54) is 87.5 Å². The molecule has 3 aromatic carbocycles. The molecule has 0 radical (unpaired) electrons. The normalized spacial score (nSPS) is 12.9. The minimum atomic E-state index is -0.481. The molecule has 0 spiro atoms. The molecule has 42 heavy (non-hydrogen) atoms. The van der Waals surface area contributed by atoms with Crippen LogP contribution in [0.4, 0.5) is 0 Å². The highest BCUT2D eigenvalue weighted by atomic mass is 16.3. The molecule has 4 nitrogen and oxygen atoms in total. The molecule has 0 aromatic heterocycles. The number of phenols is 2. The highest BCUT2D eigenvalue weighted by Crippen LogP contribution is 2.43. The lowest BCUT2D eigenvalue weighted by Gasteiger charge is -2.20. The Morgan fingerprint density at radius 2 is 1.05 bits per heavy atom. The highest BCUT2D eigenvalue weighted by Gasteiger charge is 2.33. The maximum absolute atomic E-state index is 13.5. The standard InChI is InChI=1S/C38H46O4/c1-3-5-7-9-11-13-15-27-17-21-29(22-18-27)31-25-33(39)36-35(37(31)41)34(40)26-32(38(36)42)30-23-19-28(20-24-30)16-14-12-10-8-6-4-2/h17-26,39,41H,3-16H2,1-2H3. The van der Waals surface area contributed by atoms with Crippen molar-refractivity contribution >= 4 is 17.1 Å². The molecule has 0 bridgehead atoms. The van der Waals surface area contributed by atoms with Gasteiger partial charge >= 0.3 is 0 Å². The van der Waals surface area contributed by atoms with E-state index >= 15 is 0 Å². The Kier molecular flexibility index (Phi) is 11.6. The molecular weight excluding hydrogens is 520 g/mol. The summed E-state index contributed by atoms with van der Waals surface area (Å²) in [4.78, 5) is 26.8. The summed E-state index contributed by atoms with van der Waals surface area (Å²) >= 11 is 0. The number of aromatic hydroxyl groups is 2. The van der Waals surface area contributed by atoms with Gasteiger partial charge in [0.2, 0.25) is 0 Å². The fourth-order valence-corrected chi connectivity index (χ4v) is 5.89. The van der Waals surface area contributed by atoms with Crippen molar-refractivity contribution in [3.63, 3.8) is 0 Å². The summed E-state index contributed by atoms with van der Waals surface area (Å²) in [7, 11) is 0. The zero-order valence-corrected chi connectivity index (χ0v) is 25.4. The molecule has 4 rings (SSSR count). The average molecular weight is 567 g/mol.